The number of hydrogen-bond acceptors (Lipinski definition) is 5. The molecular weight excluding hydrogens is 240 g/mol. The number of nitrogen functional groups attached to an aromatic ring is 2. The lowest BCUT2D eigenvalue weighted by Gasteiger charge is -2.22. The van der Waals surface area contributed by atoms with Gasteiger partial charge in [0.2, 0.25) is 5.03 Å². The molecule has 6 nitrogen and oxygen atoms in total. The molecule has 0 bridgehead atoms. The van der Waals surface area contributed by atoms with Crippen molar-refractivity contribution < 1.29 is 8.42 Å². The highest BCUT2D eigenvalue weighted by Crippen LogP contribution is 2.33. The van der Waals surface area contributed by atoms with Gasteiger partial charge in [0.05, 0.1) is 6.04 Å². The van der Waals surface area contributed by atoms with Gasteiger partial charge in [-0.3, -0.25) is 0 Å². The minimum absolute atomic E-state index is 0.0815. The fourth-order valence-electron chi connectivity index (χ4n) is 2.32. The first-order valence-electron chi connectivity index (χ1n) is 5.74. The smallest absolute Gasteiger partial charge is 0.201 e. The van der Waals surface area contributed by atoms with E-state index in [0.29, 0.717) is 0 Å². The van der Waals surface area contributed by atoms with Crippen LogP contribution in [0, 0.1) is 0 Å². The number of sulfone groups is 1. The zero-order valence-corrected chi connectivity index (χ0v) is 10.7. The van der Waals surface area contributed by atoms with E-state index in [-0.39, 0.29) is 22.6 Å². The third kappa shape index (κ3) is 2.24. The maximum absolute atomic E-state index is 11.5. The number of nitrogens with two attached hydrogens (primary N) is 2. The van der Waals surface area contributed by atoms with E-state index in [1.54, 1.807) is 4.68 Å². The van der Waals surface area contributed by atoms with E-state index in [2.05, 4.69) is 5.10 Å². The Balaban J connectivity index is 2.42. The van der Waals surface area contributed by atoms with E-state index >= 15 is 0 Å². The standard InChI is InChI=1S/C10H18N4O2S/c1-17(15,16)10-8(11)9(12)14(13-10)7-5-3-2-4-6-7/h7H,2-6,11-12H2,1H3. The van der Waals surface area contributed by atoms with E-state index in [1.165, 1.54) is 6.42 Å². The van der Waals surface area contributed by atoms with E-state index in [4.69, 9.17) is 11.5 Å². The average molecular weight is 258 g/mol. The molecule has 1 saturated carbocycles. The molecule has 0 aromatic carbocycles. The van der Waals surface area contributed by atoms with Crippen molar-refractivity contribution in [3.63, 3.8) is 0 Å². The quantitative estimate of drug-likeness (QED) is 0.822. The van der Waals surface area contributed by atoms with Gasteiger partial charge in [0.25, 0.3) is 0 Å². The molecule has 1 fully saturated rings. The van der Waals surface area contributed by atoms with Crippen molar-refractivity contribution in [1.29, 1.82) is 0 Å². The van der Waals surface area contributed by atoms with E-state index in [1.807, 2.05) is 0 Å². The Labute approximate surface area is 101 Å². The van der Waals surface area contributed by atoms with Gasteiger partial charge in [-0.25, -0.2) is 13.1 Å². The Morgan fingerprint density at radius 2 is 1.82 bits per heavy atom. The Hall–Kier alpha value is -1.24. The van der Waals surface area contributed by atoms with Crippen molar-refractivity contribution in [2.75, 3.05) is 17.7 Å². The minimum atomic E-state index is -3.41. The van der Waals surface area contributed by atoms with Gasteiger partial charge in [-0.2, -0.15) is 5.10 Å². The molecule has 0 radical (unpaired) electrons. The first-order valence-corrected chi connectivity index (χ1v) is 7.64. The molecule has 1 heterocycles. The maximum Gasteiger partial charge on any atom is 0.201 e. The fraction of sp³-hybridized carbons (Fsp3) is 0.700. The van der Waals surface area contributed by atoms with Crippen molar-refractivity contribution in [3.05, 3.63) is 0 Å². The lowest BCUT2D eigenvalue weighted by Crippen LogP contribution is -2.16. The molecule has 0 saturated heterocycles. The molecule has 0 atom stereocenters. The summed E-state index contributed by atoms with van der Waals surface area (Å²) in [5.41, 5.74) is 11.6. The first-order chi connectivity index (χ1) is 7.91. The summed E-state index contributed by atoms with van der Waals surface area (Å²) in [6, 6.07) is 0.182. The Bertz CT molecular complexity index is 515. The van der Waals surface area contributed by atoms with Gasteiger partial charge in [0, 0.05) is 6.26 Å². The monoisotopic (exact) mass is 258 g/mol. The molecule has 7 heteroatoms. The normalized spacial score (nSPS) is 18.4. The van der Waals surface area contributed by atoms with Crippen LogP contribution in [0.5, 0.6) is 0 Å². The fourth-order valence-corrected chi connectivity index (χ4v) is 3.06. The average Bonchev–Trinajstić information content (AvgIpc) is 2.57. The van der Waals surface area contributed by atoms with E-state index in [0.717, 1.165) is 31.9 Å². The van der Waals surface area contributed by atoms with Gasteiger partial charge < -0.3 is 11.5 Å². The summed E-state index contributed by atoms with van der Waals surface area (Å²) in [6.45, 7) is 0. The number of anilines is 2. The van der Waals surface area contributed by atoms with Crippen molar-refractivity contribution in [1.82, 2.24) is 9.78 Å². The molecule has 1 aromatic heterocycles. The minimum Gasteiger partial charge on any atom is -0.393 e. The molecule has 0 unspecified atom stereocenters. The van der Waals surface area contributed by atoms with Gasteiger partial charge in [0.15, 0.2) is 9.84 Å². The SMILES string of the molecule is CS(=O)(=O)c1nn(C2CCCCC2)c(N)c1N. The van der Waals surface area contributed by atoms with Crippen molar-refractivity contribution in [2.45, 2.75) is 43.2 Å². The third-order valence-corrected chi connectivity index (χ3v) is 4.23. The molecule has 17 heavy (non-hydrogen) atoms. The van der Waals surface area contributed by atoms with Crippen LogP contribution < -0.4 is 11.5 Å². The summed E-state index contributed by atoms with van der Waals surface area (Å²) in [4.78, 5) is 0. The summed E-state index contributed by atoms with van der Waals surface area (Å²) in [5, 5.41) is 3.99. The molecule has 96 valence electrons. The highest BCUT2D eigenvalue weighted by molar-refractivity contribution is 7.90. The Morgan fingerprint density at radius 1 is 1.24 bits per heavy atom. The van der Waals surface area contributed by atoms with Gasteiger partial charge in [-0.1, -0.05) is 19.3 Å². The van der Waals surface area contributed by atoms with Crippen LogP contribution in [-0.2, 0) is 9.84 Å². The molecule has 0 aliphatic heterocycles. The molecule has 1 aliphatic rings. The van der Waals surface area contributed by atoms with Crippen LogP contribution in [0.4, 0.5) is 11.5 Å². The summed E-state index contributed by atoms with van der Waals surface area (Å²) in [7, 11) is -3.41. The number of rotatable bonds is 2. The summed E-state index contributed by atoms with van der Waals surface area (Å²) >= 11 is 0. The molecule has 0 amide bonds. The predicted octanol–water partition coefficient (Wildman–Crippen LogP) is 0.956. The zero-order valence-electron chi connectivity index (χ0n) is 9.89. The Morgan fingerprint density at radius 3 is 2.29 bits per heavy atom. The van der Waals surface area contributed by atoms with E-state index < -0.39 is 9.84 Å². The van der Waals surface area contributed by atoms with Gasteiger partial charge in [-0.15, -0.1) is 0 Å². The second-order valence-electron chi connectivity index (χ2n) is 4.61. The molecule has 0 spiro atoms. The van der Waals surface area contributed by atoms with Crippen LogP contribution in [0.1, 0.15) is 38.1 Å². The molecule has 4 N–H and O–H groups in total. The second-order valence-corrected chi connectivity index (χ2v) is 6.54. The molecule has 1 aliphatic carbocycles. The Kier molecular flexibility index (Phi) is 3.03. The summed E-state index contributed by atoms with van der Waals surface area (Å²) < 4.78 is 24.6. The molecule has 2 rings (SSSR count). The van der Waals surface area contributed by atoms with Crippen LogP contribution in [-0.4, -0.2) is 24.5 Å². The van der Waals surface area contributed by atoms with Crippen LogP contribution in [0.15, 0.2) is 5.03 Å². The van der Waals surface area contributed by atoms with Crippen LogP contribution in [0.25, 0.3) is 0 Å². The molecule has 1 aromatic rings. The predicted molar refractivity (Wildman–Crippen MR) is 66.3 cm³/mol. The third-order valence-electron chi connectivity index (χ3n) is 3.22. The van der Waals surface area contributed by atoms with Crippen LogP contribution in [0.3, 0.4) is 0 Å². The van der Waals surface area contributed by atoms with Crippen molar-refractivity contribution >= 4 is 21.3 Å². The van der Waals surface area contributed by atoms with Crippen LogP contribution >= 0.6 is 0 Å². The van der Waals surface area contributed by atoms with Gasteiger partial charge in [-0.05, 0) is 12.8 Å². The number of aromatic nitrogens is 2. The van der Waals surface area contributed by atoms with Crippen molar-refractivity contribution in [3.8, 4) is 0 Å². The van der Waals surface area contributed by atoms with Gasteiger partial charge >= 0.3 is 0 Å². The van der Waals surface area contributed by atoms with Gasteiger partial charge in [0.1, 0.15) is 11.5 Å². The molecular formula is C10H18N4O2S. The van der Waals surface area contributed by atoms with Crippen LogP contribution in [0.2, 0.25) is 0 Å². The van der Waals surface area contributed by atoms with Crippen molar-refractivity contribution in [2.24, 2.45) is 0 Å². The highest BCUT2D eigenvalue weighted by atomic mass is 32.2. The maximum atomic E-state index is 11.5. The van der Waals surface area contributed by atoms with E-state index in [9.17, 15) is 8.42 Å². The number of nitrogens with zero attached hydrogens (tertiary/aromatic N) is 2. The first kappa shape index (κ1) is 12.2. The summed E-state index contributed by atoms with van der Waals surface area (Å²) in [5.74, 6) is 0.275. The number of hydrogen-bond donors (Lipinski definition) is 2. The topological polar surface area (TPSA) is 104 Å². The lowest BCUT2D eigenvalue weighted by atomic mass is 9.96. The second kappa shape index (κ2) is 4.21. The largest absolute Gasteiger partial charge is 0.393 e. The highest BCUT2D eigenvalue weighted by Gasteiger charge is 2.25. The lowest BCUT2D eigenvalue weighted by molar-refractivity contribution is 0.329. The zero-order chi connectivity index (χ0) is 12.6. The summed E-state index contributed by atoms with van der Waals surface area (Å²) in [6.07, 6.45) is 6.52.